The van der Waals surface area contributed by atoms with Crippen LogP contribution in [-0.4, -0.2) is 33.3 Å². The van der Waals surface area contributed by atoms with Gasteiger partial charge in [-0.1, -0.05) is 36.2 Å². The molecule has 1 aliphatic rings. The topological polar surface area (TPSA) is 53.9 Å². The van der Waals surface area contributed by atoms with Crippen LogP contribution in [0.25, 0.3) is 0 Å². The Kier molecular flexibility index (Phi) is 3.92. The van der Waals surface area contributed by atoms with Gasteiger partial charge in [-0.3, -0.25) is 9.47 Å². The predicted octanol–water partition coefficient (Wildman–Crippen LogP) is 2.08. The molecule has 3 rings (SSSR count). The van der Waals surface area contributed by atoms with E-state index < -0.39 is 0 Å². The molecule has 0 bridgehead atoms. The lowest BCUT2D eigenvalue weighted by molar-refractivity contribution is 0.175. The number of benzene rings is 1. The zero-order chi connectivity index (χ0) is 14.8. The Morgan fingerprint density at radius 2 is 2.24 bits per heavy atom. The Morgan fingerprint density at radius 3 is 3.00 bits per heavy atom. The molecule has 1 saturated heterocycles. The minimum Gasteiger partial charge on any atom is -0.296 e. The summed E-state index contributed by atoms with van der Waals surface area (Å²) in [6.45, 7) is 3.71. The summed E-state index contributed by atoms with van der Waals surface area (Å²) in [5.41, 5.74) is 2.23. The van der Waals surface area contributed by atoms with Crippen LogP contribution < -0.4 is 5.69 Å². The maximum absolute atomic E-state index is 12.1. The predicted molar refractivity (Wildman–Crippen MR) is 82.4 cm³/mol. The zero-order valence-electron chi connectivity index (χ0n) is 12.7. The van der Waals surface area contributed by atoms with Crippen molar-refractivity contribution in [3.05, 3.63) is 51.7 Å². The highest BCUT2D eigenvalue weighted by Crippen LogP contribution is 2.27. The van der Waals surface area contributed by atoms with E-state index >= 15 is 0 Å². The molecule has 0 aliphatic carbocycles. The second-order valence-corrected chi connectivity index (χ2v) is 5.95. The molecule has 0 unspecified atom stereocenters. The highest BCUT2D eigenvalue weighted by Gasteiger charge is 2.26. The third-order valence-electron chi connectivity index (χ3n) is 4.28. The largest absolute Gasteiger partial charge is 0.343 e. The van der Waals surface area contributed by atoms with E-state index in [2.05, 4.69) is 47.3 Å². The average Bonchev–Trinajstić information content (AvgIpc) is 2.81. The molecule has 5 nitrogen and oxygen atoms in total. The van der Waals surface area contributed by atoms with E-state index in [0.717, 1.165) is 24.4 Å². The Balaban J connectivity index is 1.92. The van der Waals surface area contributed by atoms with Crippen molar-refractivity contribution in [2.75, 3.05) is 13.6 Å². The van der Waals surface area contributed by atoms with Crippen LogP contribution in [0.5, 0.6) is 0 Å². The third kappa shape index (κ3) is 2.93. The van der Waals surface area contributed by atoms with Gasteiger partial charge < -0.3 is 0 Å². The van der Waals surface area contributed by atoms with E-state index in [-0.39, 0.29) is 11.7 Å². The number of H-pyrrole nitrogens is 1. The highest BCUT2D eigenvalue weighted by atomic mass is 16.1. The van der Waals surface area contributed by atoms with E-state index in [1.807, 2.05) is 6.07 Å². The minimum atomic E-state index is -0.120. The summed E-state index contributed by atoms with van der Waals surface area (Å²) >= 11 is 0. The highest BCUT2D eigenvalue weighted by molar-refractivity contribution is 5.22. The van der Waals surface area contributed by atoms with E-state index in [4.69, 9.17) is 0 Å². The van der Waals surface area contributed by atoms with Crippen LogP contribution in [-0.2, 0) is 6.54 Å². The summed E-state index contributed by atoms with van der Waals surface area (Å²) < 4.78 is 1.78. The summed E-state index contributed by atoms with van der Waals surface area (Å²) in [7, 11) is 2.11. The molecular formula is C16H22N4O. The molecule has 5 heteroatoms. The van der Waals surface area contributed by atoms with Crippen LogP contribution in [0.1, 0.15) is 42.3 Å². The van der Waals surface area contributed by atoms with E-state index in [0.29, 0.717) is 6.54 Å². The number of aryl methyl sites for hydroxylation is 1. The van der Waals surface area contributed by atoms with Crippen molar-refractivity contribution in [1.82, 2.24) is 19.7 Å². The molecule has 2 heterocycles. The summed E-state index contributed by atoms with van der Waals surface area (Å²) in [5, 5.41) is 6.91. The fourth-order valence-corrected chi connectivity index (χ4v) is 3.13. The number of hydrogen-bond donors (Lipinski definition) is 1. The summed E-state index contributed by atoms with van der Waals surface area (Å²) in [6.07, 6.45) is 3.48. The van der Waals surface area contributed by atoms with Crippen molar-refractivity contribution in [3.8, 4) is 0 Å². The van der Waals surface area contributed by atoms with Gasteiger partial charge in [0, 0.05) is 0 Å². The molecule has 2 aromatic rings. The monoisotopic (exact) mass is 286 g/mol. The number of rotatable bonds is 3. The van der Waals surface area contributed by atoms with Crippen LogP contribution in [0, 0.1) is 6.92 Å². The molecule has 1 aromatic heterocycles. The van der Waals surface area contributed by atoms with Crippen LogP contribution in [0.4, 0.5) is 0 Å². The third-order valence-corrected chi connectivity index (χ3v) is 4.28. The van der Waals surface area contributed by atoms with E-state index in [9.17, 15) is 4.79 Å². The molecular weight excluding hydrogens is 264 g/mol. The van der Waals surface area contributed by atoms with E-state index in [1.165, 1.54) is 18.4 Å². The van der Waals surface area contributed by atoms with Gasteiger partial charge in [-0.15, -0.1) is 0 Å². The Bertz CT molecular complexity index is 673. The van der Waals surface area contributed by atoms with Gasteiger partial charge in [0.05, 0.1) is 12.6 Å². The fourth-order valence-electron chi connectivity index (χ4n) is 3.13. The van der Waals surface area contributed by atoms with Crippen LogP contribution >= 0.6 is 0 Å². The van der Waals surface area contributed by atoms with Gasteiger partial charge in [0.2, 0.25) is 0 Å². The maximum Gasteiger partial charge on any atom is 0.343 e. The number of likely N-dealkylation sites (tertiary alicyclic amines) is 1. The van der Waals surface area contributed by atoms with Crippen molar-refractivity contribution in [2.24, 2.45) is 0 Å². The molecule has 112 valence electrons. The molecule has 1 atom stereocenters. The number of aromatic nitrogens is 3. The van der Waals surface area contributed by atoms with Gasteiger partial charge in [0.25, 0.3) is 0 Å². The Labute approximate surface area is 124 Å². The Hall–Kier alpha value is -1.88. The van der Waals surface area contributed by atoms with Gasteiger partial charge in [0.1, 0.15) is 0 Å². The SMILES string of the molecule is Cc1cccc(Cn2c([C@H]3CCCCN3C)n[nH]c2=O)c1. The van der Waals surface area contributed by atoms with Crippen LogP contribution in [0.3, 0.4) is 0 Å². The Morgan fingerprint density at radius 1 is 1.38 bits per heavy atom. The van der Waals surface area contributed by atoms with E-state index in [1.54, 1.807) is 4.57 Å². The molecule has 0 spiro atoms. The first-order valence-electron chi connectivity index (χ1n) is 7.56. The fraction of sp³-hybridized carbons (Fsp3) is 0.500. The number of nitrogens with one attached hydrogen (secondary N) is 1. The second kappa shape index (κ2) is 5.85. The van der Waals surface area contributed by atoms with Gasteiger partial charge in [0.15, 0.2) is 5.82 Å². The number of aromatic amines is 1. The van der Waals surface area contributed by atoms with Crippen molar-refractivity contribution >= 4 is 0 Å². The number of hydrogen-bond acceptors (Lipinski definition) is 3. The van der Waals surface area contributed by atoms with Crippen molar-refractivity contribution in [1.29, 1.82) is 0 Å². The molecule has 0 amide bonds. The molecule has 1 N–H and O–H groups in total. The van der Waals surface area contributed by atoms with Crippen LogP contribution in [0.2, 0.25) is 0 Å². The zero-order valence-corrected chi connectivity index (χ0v) is 12.7. The first-order valence-corrected chi connectivity index (χ1v) is 7.56. The molecule has 21 heavy (non-hydrogen) atoms. The van der Waals surface area contributed by atoms with Crippen molar-refractivity contribution < 1.29 is 0 Å². The number of nitrogens with zero attached hydrogens (tertiary/aromatic N) is 3. The normalized spacial score (nSPS) is 19.8. The second-order valence-electron chi connectivity index (χ2n) is 5.95. The smallest absolute Gasteiger partial charge is 0.296 e. The lowest BCUT2D eigenvalue weighted by Crippen LogP contribution is -2.33. The summed E-state index contributed by atoms with van der Waals surface area (Å²) in [6, 6.07) is 8.51. The standard InChI is InChI=1S/C16H22N4O/c1-12-6-5-7-13(10-12)11-20-15(17-18-16(20)21)14-8-3-4-9-19(14)2/h5-7,10,14H,3-4,8-9,11H2,1-2H3,(H,18,21)/t14-/m1/s1. The first kappa shape index (κ1) is 14.1. The van der Waals surface area contributed by atoms with Gasteiger partial charge in [-0.2, -0.15) is 5.10 Å². The average molecular weight is 286 g/mol. The van der Waals surface area contributed by atoms with Crippen molar-refractivity contribution in [3.63, 3.8) is 0 Å². The lowest BCUT2D eigenvalue weighted by atomic mass is 10.0. The number of piperidine rings is 1. The lowest BCUT2D eigenvalue weighted by Gasteiger charge is -2.31. The van der Waals surface area contributed by atoms with Gasteiger partial charge >= 0.3 is 5.69 Å². The van der Waals surface area contributed by atoms with Crippen LogP contribution in [0.15, 0.2) is 29.1 Å². The van der Waals surface area contributed by atoms with Gasteiger partial charge in [-0.05, 0) is 38.9 Å². The minimum absolute atomic E-state index is 0.120. The molecule has 0 radical (unpaired) electrons. The summed E-state index contributed by atoms with van der Waals surface area (Å²) in [5.74, 6) is 0.865. The van der Waals surface area contributed by atoms with Crippen molar-refractivity contribution in [2.45, 2.75) is 38.8 Å². The molecule has 1 aromatic carbocycles. The molecule has 1 fully saturated rings. The molecule has 0 saturated carbocycles. The summed E-state index contributed by atoms with van der Waals surface area (Å²) in [4.78, 5) is 14.4. The first-order chi connectivity index (χ1) is 10.1. The quantitative estimate of drug-likeness (QED) is 0.940. The van der Waals surface area contributed by atoms with Gasteiger partial charge in [-0.25, -0.2) is 9.89 Å². The molecule has 1 aliphatic heterocycles. The maximum atomic E-state index is 12.1.